The average Bonchev–Trinajstić information content (AvgIpc) is 3.02. The summed E-state index contributed by atoms with van der Waals surface area (Å²) in [6.45, 7) is 1.91. The number of nitrogens with one attached hydrogen (secondary N) is 2. The van der Waals surface area contributed by atoms with Crippen molar-refractivity contribution in [3.05, 3.63) is 83.8 Å². The summed E-state index contributed by atoms with van der Waals surface area (Å²) in [6, 6.07) is 11.8. The maximum atomic E-state index is 13.4. The molecule has 0 aliphatic heterocycles. The van der Waals surface area contributed by atoms with Gasteiger partial charge in [-0.25, -0.2) is 22.9 Å². The van der Waals surface area contributed by atoms with Gasteiger partial charge in [-0.2, -0.15) is 0 Å². The van der Waals surface area contributed by atoms with Crippen LogP contribution in [-0.2, 0) is 0 Å². The Morgan fingerprint density at radius 2 is 1.69 bits per heavy atom. The molecule has 2 N–H and O–H groups in total. The fourth-order valence-electron chi connectivity index (χ4n) is 2.92. The number of pyridine rings is 1. The van der Waals surface area contributed by atoms with Gasteiger partial charge < -0.3 is 5.32 Å². The third-order valence-electron chi connectivity index (χ3n) is 4.31. The molecule has 0 fully saturated rings. The number of nitrogens with zero attached hydrogens (tertiary/aromatic N) is 2. The van der Waals surface area contributed by atoms with Gasteiger partial charge in [0.15, 0.2) is 11.6 Å². The average molecular weight is 396 g/mol. The lowest BCUT2D eigenvalue weighted by atomic mass is 10.1. The first-order valence-electron chi connectivity index (χ1n) is 8.68. The van der Waals surface area contributed by atoms with Crippen molar-refractivity contribution < 1.29 is 18.0 Å². The van der Waals surface area contributed by atoms with E-state index in [-0.39, 0.29) is 11.5 Å². The zero-order valence-electron chi connectivity index (χ0n) is 15.2. The van der Waals surface area contributed by atoms with Gasteiger partial charge in [-0.15, -0.1) is 0 Å². The van der Waals surface area contributed by atoms with Crippen molar-refractivity contribution in [1.29, 1.82) is 0 Å². The lowest BCUT2D eigenvalue weighted by Crippen LogP contribution is -2.21. The molecule has 0 unspecified atom stereocenters. The smallest absolute Gasteiger partial charge is 0.308 e. The quantitative estimate of drug-likeness (QED) is 0.489. The minimum atomic E-state index is -1.07. The number of anilines is 2. The molecule has 0 atom stereocenters. The first-order valence-corrected chi connectivity index (χ1v) is 8.68. The minimum absolute atomic E-state index is 0.0920. The number of hydrogen-bond donors (Lipinski definition) is 2. The molecule has 0 radical (unpaired) electrons. The molecule has 0 spiro atoms. The van der Waals surface area contributed by atoms with Crippen molar-refractivity contribution in [2.75, 3.05) is 10.6 Å². The molecule has 0 saturated heterocycles. The Morgan fingerprint density at radius 3 is 2.41 bits per heavy atom. The second kappa shape index (κ2) is 7.31. The van der Waals surface area contributed by atoms with Gasteiger partial charge in [0.05, 0.1) is 0 Å². The number of aromatic nitrogens is 2. The number of carbonyl (C=O) groups is 1. The van der Waals surface area contributed by atoms with Crippen LogP contribution in [0.25, 0.3) is 16.9 Å². The van der Waals surface area contributed by atoms with E-state index in [1.165, 1.54) is 18.2 Å². The van der Waals surface area contributed by atoms with Gasteiger partial charge in [-0.05, 0) is 61.0 Å². The van der Waals surface area contributed by atoms with Crippen molar-refractivity contribution in [1.82, 2.24) is 9.38 Å². The SMILES string of the molecule is Cc1ccn2c(NC(=O)Nc3ccc(F)c(F)c3)c(-c3ccc(F)cc3)nc2c1. The molecule has 2 heterocycles. The largest absolute Gasteiger partial charge is 0.324 e. The lowest BCUT2D eigenvalue weighted by Gasteiger charge is -2.10. The van der Waals surface area contributed by atoms with Gasteiger partial charge in [-0.3, -0.25) is 9.72 Å². The summed E-state index contributed by atoms with van der Waals surface area (Å²) in [7, 11) is 0. The number of hydrogen-bond acceptors (Lipinski definition) is 2. The van der Waals surface area contributed by atoms with E-state index >= 15 is 0 Å². The molecule has 0 aliphatic carbocycles. The highest BCUT2D eigenvalue weighted by molar-refractivity contribution is 6.01. The summed E-state index contributed by atoms with van der Waals surface area (Å²) in [4.78, 5) is 17.0. The van der Waals surface area contributed by atoms with E-state index in [4.69, 9.17) is 0 Å². The van der Waals surface area contributed by atoms with Crippen LogP contribution in [0.2, 0.25) is 0 Å². The Labute approximate surface area is 163 Å². The Morgan fingerprint density at radius 1 is 0.931 bits per heavy atom. The van der Waals surface area contributed by atoms with E-state index < -0.39 is 17.7 Å². The lowest BCUT2D eigenvalue weighted by molar-refractivity contribution is 0.262. The summed E-state index contributed by atoms with van der Waals surface area (Å²) >= 11 is 0. The Hall–Kier alpha value is -3.81. The molecule has 2 aromatic carbocycles. The molecule has 0 bridgehead atoms. The maximum absolute atomic E-state index is 13.4. The molecule has 4 aromatic rings. The highest BCUT2D eigenvalue weighted by atomic mass is 19.2. The number of halogens is 3. The van der Waals surface area contributed by atoms with Gasteiger partial charge >= 0.3 is 6.03 Å². The maximum Gasteiger partial charge on any atom is 0.324 e. The van der Waals surface area contributed by atoms with Gasteiger partial charge in [0.25, 0.3) is 0 Å². The van der Waals surface area contributed by atoms with Gasteiger partial charge in [0, 0.05) is 23.5 Å². The van der Waals surface area contributed by atoms with Crippen LogP contribution >= 0.6 is 0 Å². The number of amides is 2. The molecule has 29 heavy (non-hydrogen) atoms. The number of rotatable bonds is 3. The van der Waals surface area contributed by atoms with E-state index in [2.05, 4.69) is 15.6 Å². The normalized spacial score (nSPS) is 10.9. The predicted octanol–water partition coefficient (Wildman–Crippen LogP) is 5.37. The van der Waals surface area contributed by atoms with E-state index in [9.17, 15) is 18.0 Å². The summed E-state index contributed by atoms with van der Waals surface area (Å²) in [5, 5.41) is 5.14. The van der Waals surface area contributed by atoms with E-state index in [0.29, 0.717) is 22.7 Å². The first-order chi connectivity index (χ1) is 13.9. The second-order valence-corrected chi connectivity index (χ2v) is 6.46. The fraction of sp³-hybridized carbons (Fsp3) is 0.0476. The van der Waals surface area contributed by atoms with Gasteiger partial charge in [0.2, 0.25) is 0 Å². The summed E-state index contributed by atoms with van der Waals surface area (Å²) in [6.07, 6.45) is 1.75. The first kappa shape index (κ1) is 18.5. The Balaban J connectivity index is 1.71. The van der Waals surface area contributed by atoms with E-state index in [1.807, 2.05) is 19.1 Å². The molecule has 2 aromatic heterocycles. The van der Waals surface area contributed by atoms with Crippen LogP contribution in [0, 0.1) is 24.4 Å². The number of fused-ring (bicyclic) bond motifs is 1. The number of benzene rings is 2. The highest BCUT2D eigenvalue weighted by Crippen LogP contribution is 2.29. The number of imidazole rings is 1. The van der Waals surface area contributed by atoms with Crippen LogP contribution < -0.4 is 10.6 Å². The molecule has 8 heteroatoms. The summed E-state index contributed by atoms with van der Waals surface area (Å²) < 4.78 is 41.4. The zero-order valence-corrected chi connectivity index (χ0v) is 15.2. The molecular formula is C21H15F3N4O. The van der Waals surface area contributed by atoms with Crippen LogP contribution in [0.1, 0.15) is 5.56 Å². The Bertz CT molecular complexity index is 1220. The third kappa shape index (κ3) is 3.77. The molecule has 146 valence electrons. The Kier molecular flexibility index (Phi) is 4.67. The molecule has 2 amide bonds. The fourth-order valence-corrected chi connectivity index (χ4v) is 2.92. The van der Waals surface area contributed by atoms with Gasteiger partial charge in [-0.1, -0.05) is 0 Å². The van der Waals surface area contributed by atoms with Crippen molar-refractivity contribution in [3.63, 3.8) is 0 Å². The van der Waals surface area contributed by atoms with Crippen LogP contribution in [0.15, 0.2) is 60.8 Å². The molecule has 4 rings (SSSR count). The van der Waals surface area contributed by atoms with Crippen LogP contribution in [0.4, 0.5) is 29.5 Å². The molecule has 0 saturated carbocycles. The molecule has 5 nitrogen and oxygen atoms in total. The van der Waals surface area contributed by atoms with Crippen molar-refractivity contribution in [2.24, 2.45) is 0 Å². The number of aryl methyl sites for hydroxylation is 1. The second-order valence-electron chi connectivity index (χ2n) is 6.46. The van der Waals surface area contributed by atoms with Crippen molar-refractivity contribution >= 4 is 23.2 Å². The zero-order chi connectivity index (χ0) is 20.5. The van der Waals surface area contributed by atoms with Crippen LogP contribution in [-0.4, -0.2) is 15.4 Å². The topological polar surface area (TPSA) is 58.4 Å². The van der Waals surface area contributed by atoms with Gasteiger partial charge in [0.1, 0.15) is 23.0 Å². The standard InChI is InChI=1S/C21H15F3N4O/c1-12-8-9-28-18(10-12)26-19(13-2-4-14(22)5-3-13)20(28)27-21(29)25-15-6-7-16(23)17(24)11-15/h2-11H,1H3,(H2,25,27,29). The summed E-state index contributed by atoms with van der Waals surface area (Å²) in [5.74, 6) is -2.11. The predicted molar refractivity (Wildman–Crippen MR) is 104 cm³/mol. The highest BCUT2D eigenvalue weighted by Gasteiger charge is 2.17. The monoisotopic (exact) mass is 396 g/mol. The molecular weight excluding hydrogens is 381 g/mol. The van der Waals surface area contributed by atoms with Crippen LogP contribution in [0.3, 0.4) is 0 Å². The van der Waals surface area contributed by atoms with Crippen molar-refractivity contribution in [3.8, 4) is 11.3 Å². The van der Waals surface area contributed by atoms with Crippen molar-refractivity contribution in [2.45, 2.75) is 6.92 Å². The summed E-state index contributed by atoms with van der Waals surface area (Å²) in [5.41, 5.74) is 2.71. The van der Waals surface area contributed by atoms with Crippen LogP contribution in [0.5, 0.6) is 0 Å². The van der Waals surface area contributed by atoms with E-state index in [0.717, 1.165) is 17.7 Å². The minimum Gasteiger partial charge on any atom is -0.308 e. The number of carbonyl (C=O) groups excluding carboxylic acids is 1. The van der Waals surface area contributed by atoms with E-state index in [1.54, 1.807) is 22.7 Å². The third-order valence-corrected chi connectivity index (χ3v) is 4.31. The number of urea groups is 1. The molecule has 0 aliphatic rings.